The lowest BCUT2D eigenvalue weighted by atomic mass is 10.0. The highest BCUT2D eigenvalue weighted by Gasteiger charge is 2.16. The summed E-state index contributed by atoms with van der Waals surface area (Å²) in [5, 5.41) is 18.0. The molecule has 0 radical (unpaired) electrons. The molecule has 116 valence electrons. The summed E-state index contributed by atoms with van der Waals surface area (Å²) in [5.41, 5.74) is 4.13. The van der Waals surface area contributed by atoms with Gasteiger partial charge in [-0.3, -0.25) is 0 Å². The number of aryl methyl sites for hydroxylation is 1. The number of anilines is 1. The first kappa shape index (κ1) is 15.5. The molecule has 0 unspecified atom stereocenters. The lowest BCUT2D eigenvalue weighted by molar-refractivity contribution is 0.694. The van der Waals surface area contributed by atoms with Gasteiger partial charge in [0.15, 0.2) is 0 Å². The van der Waals surface area contributed by atoms with Crippen molar-refractivity contribution in [2.45, 2.75) is 19.3 Å². The van der Waals surface area contributed by atoms with Crippen molar-refractivity contribution < 1.29 is 0 Å². The van der Waals surface area contributed by atoms with Gasteiger partial charge in [0.1, 0.15) is 0 Å². The molecule has 0 bridgehead atoms. The Labute approximate surface area is 141 Å². The Hall–Kier alpha value is -2.38. The van der Waals surface area contributed by atoms with Gasteiger partial charge in [-0.15, -0.1) is 0 Å². The number of hydrogen-bond donors (Lipinski definition) is 0. The highest BCUT2D eigenvalue weighted by Crippen LogP contribution is 2.31. The molecule has 0 fully saturated rings. The molecule has 0 aliphatic carbocycles. The fraction of sp³-hybridized carbons (Fsp3) is 0.278. The Balaban J connectivity index is 1.78. The molecular weight excluding hydrogens is 308 g/mol. The van der Waals surface area contributed by atoms with Crippen LogP contribution in [0.25, 0.3) is 0 Å². The van der Waals surface area contributed by atoms with Gasteiger partial charge in [0.05, 0.1) is 23.9 Å². The third-order valence-corrected chi connectivity index (χ3v) is 4.13. The normalized spacial score (nSPS) is 13.8. The number of hydrogen-bond acceptors (Lipinski definition) is 4. The van der Waals surface area contributed by atoms with E-state index in [-0.39, 0.29) is 0 Å². The molecule has 0 aromatic heterocycles. The number of benzene rings is 2. The predicted molar refractivity (Wildman–Crippen MR) is 92.8 cm³/mol. The van der Waals surface area contributed by atoms with E-state index in [0.29, 0.717) is 11.4 Å². The van der Waals surface area contributed by atoms with E-state index >= 15 is 0 Å². The number of nitriles is 1. The Bertz CT molecular complexity index is 747. The van der Waals surface area contributed by atoms with Crippen LogP contribution < -0.4 is 4.90 Å². The molecule has 5 heteroatoms. The highest BCUT2D eigenvalue weighted by atomic mass is 35.5. The summed E-state index contributed by atoms with van der Waals surface area (Å²) in [6, 6.07) is 15.7. The van der Waals surface area contributed by atoms with E-state index in [1.807, 2.05) is 18.2 Å². The van der Waals surface area contributed by atoms with E-state index in [0.717, 1.165) is 37.3 Å². The molecule has 4 nitrogen and oxygen atoms in total. The second-order valence-corrected chi connectivity index (χ2v) is 5.92. The number of halogens is 1. The fourth-order valence-electron chi connectivity index (χ4n) is 2.76. The Morgan fingerprint density at radius 2 is 1.83 bits per heavy atom. The molecular formula is C18H17ClN4. The van der Waals surface area contributed by atoms with E-state index in [1.54, 1.807) is 12.1 Å². The van der Waals surface area contributed by atoms with E-state index in [4.69, 9.17) is 16.9 Å². The maximum absolute atomic E-state index is 8.77. The van der Waals surface area contributed by atoms with Crippen LogP contribution in [-0.4, -0.2) is 13.1 Å². The second-order valence-electron chi connectivity index (χ2n) is 5.49. The quantitative estimate of drug-likeness (QED) is 0.705. The van der Waals surface area contributed by atoms with Crippen molar-refractivity contribution in [1.82, 2.24) is 0 Å². The van der Waals surface area contributed by atoms with E-state index in [1.165, 1.54) is 11.3 Å². The van der Waals surface area contributed by atoms with Gasteiger partial charge < -0.3 is 4.90 Å². The van der Waals surface area contributed by atoms with Crippen molar-refractivity contribution in [3.8, 4) is 6.07 Å². The smallest absolute Gasteiger partial charge is 0.0861 e. The zero-order valence-corrected chi connectivity index (χ0v) is 13.5. The fourth-order valence-corrected chi connectivity index (χ4v) is 2.89. The summed E-state index contributed by atoms with van der Waals surface area (Å²) < 4.78 is 0. The lowest BCUT2D eigenvalue weighted by Gasteiger charge is -2.30. The Morgan fingerprint density at radius 3 is 2.61 bits per heavy atom. The van der Waals surface area contributed by atoms with Crippen LogP contribution in [0.3, 0.4) is 0 Å². The standard InChI is InChI=1S/C18H17ClN4/c19-15-4-6-16(7-5-15)21-22-17-8-9-18-14(13-17)3-1-11-23(18)12-2-10-20/h4-9,13H,1-3,11-12H2. The predicted octanol–water partition coefficient (Wildman–Crippen LogP) is 5.42. The highest BCUT2D eigenvalue weighted by molar-refractivity contribution is 6.30. The van der Waals surface area contributed by atoms with E-state index in [2.05, 4.69) is 33.3 Å². The van der Waals surface area contributed by atoms with Crippen LogP contribution in [0.1, 0.15) is 18.4 Å². The molecule has 3 rings (SSSR count). The van der Waals surface area contributed by atoms with Gasteiger partial charge in [-0.05, 0) is 60.9 Å². The molecule has 0 saturated carbocycles. The molecule has 0 saturated heterocycles. The zero-order chi connectivity index (χ0) is 16.1. The topological polar surface area (TPSA) is 51.8 Å². The largest absolute Gasteiger partial charge is 0.370 e. The van der Waals surface area contributed by atoms with Crippen LogP contribution in [0.15, 0.2) is 52.7 Å². The summed E-state index contributed by atoms with van der Waals surface area (Å²) in [6.07, 6.45) is 2.70. The van der Waals surface area contributed by atoms with Crippen molar-refractivity contribution in [1.29, 1.82) is 5.26 Å². The van der Waals surface area contributed by atoms with Crippen LogP contribution in [0.5, 0.6) is 0 Å². The van der Waals surface area contributed by atoms with Crippen molar-refractivity contribution in [2.24, 2.45) is 10.2 Å². The molecule has 2 aromatic rings. The van der Waals surface area contributed by atoms with Gasteiger partial charge in [0.25, 0.3) is 0 Å². The van der Waals surface area contributed by atoms with Gasteiger partial charge in [-0.25, -0.2) is 0 Å². The minimum atomic E-state index is 0.553. The number of azo groups is 1. The summed E-state index contributed by atoms with van der Waals surface area (Å²) in [5.74, 6) is 0. The van der Waals surface area contributed by atoms with Crippen LogP contribution in [0, 0.1) is 11.3 Å². The summed E-state index contributed by atoms with van der Waals surface area (Å²) in [4.78, 5) is 2.28. The maximum atomic E-state index is 8.77. The molecule has 2 aromatic carbocycles. The van der Waals surface area contributed by atoms with Gasteiger partial charge in [-0.1, -0.05) is 11.6 Å². The van der Waals surface area contributed by atoms with E-state index in [9.17, 15) is 0 Å². The van der Waals surface area contributed by atoms with Crippen molar-refractivity contribution in [3.63, 3.8) is 0 Å². The molecule has 0 amide bonds. The number of fused-ring (bicyclic) bond motifs is 1. The maximum Gasteiger partial charge on any atom is 0.0861 e. The minimum Gasteiger partial charge on any atom is -0.370 e. The first-order valence-corrected chi connectivity index (χ1v) is 8.06. The Kier molecular flexibility index (Phi) is 4.89. The first-order chi connectivity index (χ1) is 11.3. The summed E-state index contributed by atoms with van der Waals surface area (Å²) >= 11 is 5.86. The molecule has 0 spiro atoms. The van der Waals surface area contributed by atoms with Gasteiger partial charge in [-0.2, -0.15) is 15.5 Å². The van der Waals surface area contributed by atoms with Crippen LogP contribution >= 0.6 is 11.6 Å². The number of nitrogens with zero attached hydrogens (tertiary/aromatic N) is 4. The number of rotatable bonds is 4. The molecule has 0 atom stereocenters. The average Bonchev–Trinajstić information content (AvgIpc) is 2.59. The van der Waals surface area contributed by atoms with Gasteiger partial charge in [0, 0.05) is 23.8 Å². The van der Waals surface area contributed by atoms with Crippen LogP contribution in [0.4, 0.5) is 17.1 Å². The SMILES string of the molecule is N#CCCN1CCCc2cc(N=Nc3ccc(Cl)cc3)ccc21. The van der Waals surface area contributed by atoms with E-state index < -0.39 is 0 Å². The third-order valence-electron chi connectivity index (χ3n) is 3.88. The zero-order valence-electron chi connectivity index (χ0n) is 12.7. The van der Waals surface area contributed by atoms with Crippen molar-refractivity contribution in [2.75, 3.05) is 18.0 Å². The molecule has 1 heterocycles. The Morgan fingerprint density at radius 1 is 1.09 bits per heavy atom. The van der Waals surface area contributed by atoms with Crippen molar-refractivity contribution >= 4 is 28.7 Å². The van der Waals surface area contributed by atoms with Crippen LogP contribution in [0.2, 0.25) is 5.02 Å². The summed E-state index contributed by atoms with van der Waals surface area (Å²) in [7, 11) is 0. The molecule has 23 heavy (non-hydrogen) atoms. The molecule has 1 aliphatic rings. The molecule has 1 aliphatic heterocycles. The monoisotopic (exact) mass is 324 g/mol. The van der Waals surface area contributed by atoms with Crippen LogP contribution in [-0.2, 0) is 6.42 Å². The summed E-state index contributed by atoms with van der Waals surface area (Å²) in [6.45, 7) is 1.80. The average molecular weight is 325 g/mol. The minimum absolute atomic E-state index is 0.553. The first-order valence-electron chi connectivity index (χ1n) is 7.68. The third kappa shape index (κ3) is 3.88. The second kappa shape index (κ2) is 7.26. The van der Waals surface area contributed by atoms with Gasteiger partial charge >= 0.3 is 0 Å². The lowest BCUT2D eigenvalue weighted by Crippen LogP contribution is -2.30. The van der Waals surface area contributed by atoms with Crippen molar-refractivity contribution in [3.05, 3.63) is 53.1 Å². The molecule has 0 N–H and O–H groups in total. The van der Waals surface area contributed by atoms with Gasteiger partial charge in [0.2, 0.25) is 0 Å².